The standard InChI is InChI=1S/C22H26Cl2N4O/c1-28-9-7-15(8-10-28)4-2-3-11-29-21-13-17(18(24)14-25-21)22-26-19-6-5-16(23)12-20(19)27-22/h5-6,12-15H,2-4,7-11H2,1H3,(H,26,27). The lowest BCUT2D eigenvalue weighted by Gasteiger charge is -2.28. The number of unbranched alkanes of at least 4 members (excludes halogenated alkanes) is 1. The third-order valence-electron chi connectivity index (χ3n) is 5.62. The summed E-state index contributed by atoms with van der Waals surface area (Å²) in [4.78, 5) is 14.6. The average molecular weight is 433 g/mol. The molecule has 2 aromatic heterocycles. The fourth-order valence-electron chi connectivity index (χ4n) is 3.85. The van der Waals surface area contributed by atoms with E-state index in [-0.39, 0.29) is 0 Å². The Morgan fingerprint density at radius 2 is 2.00 bits per heavy atom. The van der Waals surface area contributed by atoms with Crippen LogP contribution in [0.1, 0.15) is 32.1 Å². The van der Waals surface area contributed by atoms with Crippen LogP contribution in [0.4, 0.5) is 0 Å². The molecule has 29 heavy (non-hydrogen) atoms. The lowest BCUT2D eigenvalue weighted by atomic mass is 9.92. The van der Waals surface area contributed by atoms with Crippen LogP contribution in [0.5, 0.6) is 5.88 Å². The molecule has 4 rings (SSSR count). The predicted octanol–water partition coefficient (Wildman–Crippen LogP) is 5.82. The van der Waals surface area contributed by atoms with Crippen molar-refractivity contribution in [1.82, 2.24) is 19.9 Å². The van der Waals surface area contributed by atoms with Gasteiger partial charge in [0, 0.05) is 16.7 Å². The second kappa shape index (κ2) is 9.33. The lowest BCUT2D eigenvalue weighted by molar-refractivity contribution is 0.205. The van der Waals surface area contributed by atoms with Crippen LogP contribution in [-0.4, -0.2) is 46.6 Å². The van der Waals surface area contributed by atoms with Gasteiger partial charge in [-0.05, 0) is 69.9 Å². The summed E-state index contributed by atoms with van der Waals surface area (Å²) in [5.74, 6) is 2.12. The smallest absolute Gasteiger partial charge is 0.214 e. The van der Waals surface area contributed by atoms with Crippen molar-refractivity contribution in [2.45, 2.75) is 32.1 Å². The van der Waals surface area contributed by atoms with Gasteiger partial charge in [0.1, 0.15) is 5.82 Å². The third kappa shape index (κ3) is 5.21. The average Bonchev–Trinajstić information content (AvgIpc) is 3.13. The third-order valence-corrected chi connectivity index (χ3v) is 6.16. The van der Waals surface area contributed by atoms with Crippen molar-refractivity contribution in [3.63, 3.8) is 0 Å². The maximum atomic E-state index is 6.36. The van der Waals surface area contributed by atoms with E-state index in [4.69, 9.17) is 27.9 Å². The van der Waals surface area contributed by atoms with Gasteiger partial charge in [-0.1, -0.05) is 29.6 Å². The second-order valence-corrected chi connectivity index (χ2v) is 8.68. The molecule has 0 aliphatic carbocycles. The Kier molecular flexibility index (Phi) is 6.58. The Morgan fingerprint density at radius 3 is 2.83 bits per heavy atom. The van der Waals surface area contributed by atoms with E-state index >= 15 is 0 Å². The summed E-state index contributed by atoms with van der Waals surface area (Å²) in [6.45, 7) is 3.12. The van der Waals surface area contributed by atoms with Crippen molar-refractivity contribution in [2.75, 3.05) is 26.7 Å². The zero-order valence-electron chi connectivity index (χ0n) is 16.6. The molecule has 0 unspecified atom stereocenters. The minimum atomic E-state index is 0.532. The number of H-pyrrole nitrogens is 1. The molecule has 1 aliphatic heterocycles. The highest BCUT2D eigenvalue weighted by molar-refractivity contribution is 6.33. The molecule has 3 aromatic rings. The fraction of sp³-hybridized carbons (Fsp3) is 0.455. The van der Waals surface area contributed by atoms with Crippen LogP contribution in [0, 0.1) is 5.92 Å². The molecule has 0 radical (unpaired) electrons. The van der Waals surface area contributed by atoms with Gasteiger partial charge in [0.2, 0.25) is 5.88 Å². The van der Waals surface area contributed by atoms with Crippen molar-refractivity contribution in [1.29, 1.82) is 0 Å². The van der Waals surface area contributed by atoms with Crippen molar-refractivity contribution in [2.24, 2.45) is 5.92 Å². The quantitative estimate of drug-likeness (QED) is 0.477. The molecule has 154 valence electrons. The molecule has 0 amide bonds. The predicted molar refractivity (Wildman–Crippen MR) is 119 cm³/mol. The monoisotopic (exact) mass is 432 g/mol. The van der Waals surface area contributed by atoms with E-state index in [1.165, 1.54) is 38.8 Å². The van der Waals surface area contributed by atoms with Gasteiger partial charge in [-0.15, -0.1) is 0 Å². The molecule has 0 bridgehead atoms. The maximum absolute atomic E-state index is 6.36. The number of piperidine rings is 1. The number of fused-ring (bicyclic) bond motifs is 1. The molecule has 1 fully saturated rings. The van der Waals surface area contributed by atoms with Crippen molar-refractivity contribution < 1.29 is 4.74 Å². The van der Waals surface area contributed by atoms with Crippen LogP contribution in [0.3, 0.4) is 0 Å². The number of aromatic amines is 1. The SMILES string of the molecule is CN1CCC(CCCCOc2cc(-c3nc4ccc(Cl)cc4[nH]3)c(Cl)cn2)CC1. The Hall–Kier alpha value is -1.82. The van der Waals surface area contributed by atoms with Gasteiger partial charge in [0.15, 0.2) is 0 Å². The first kappa shape index (κ1) is 20.5. The van der Waals surface area contributed by atoms with Gasteiger partial charge in [0.05, 0.1) is 28.9 Å². The Balaban J connectivity index is 1.33. The van der Waals surface area contributed by atoms with Crippen molar-refractivity contribution >= 4 is 34.2 Å². The molecule has 7 heteroatoms. The zero-order valence-corrected chi connectivity index (χ0v) is 18.1. The number of nitrogens with one attached hydrogen (secondary N) is 1. The summed E-state index contributed by atoms with van der Waals surface area (Å²) in [6, 6.07) is 7.40. The zero-order chi connectivity index (χ0) is 20.2. The molecule has 3 heterocycles. The van der Waals surface area contributed by atoms with Gasteiger partial charge in [-0.25, -0.2) is 9.97 Å². The van der Waals surface area contributed by atoms with Crippen LogP contribution in [0.2, 0.25) is 10.0 Å². The molecular weight excluding hydrogens is 407 g/mol. The summed E-state index contributed by atoms with van der Waals surface area (Å²) in [7, 11) is 2.21. The number of rotatable bonds is 7. The Morgan fingerprint density at radius 1 is 1.17 bits per heavy atom. The topological polar surface area (TPSA) is 54.0 Å². The largest absolute Gasteiger partial charge is 0.478 e. The molecule has 1 saturated heterocycles. The molecule has 0 spiro atoms. The highest BCUT2D eigenvalue weighted by atomic mass is 35.5. The Labute approximate surface area is 181 Å². The molecule has 0 atom stereocenters. The van der Waals surface area contributed by atoms with E-state index < -0.39 is 0 Å². The first-order valence-electron chi connectivity index (χ1n) is 10.2. The first-order chi connectivity index (χ1) is 14.1. The van der Waals surface area contributed by atoms with E-state index in [2.05, 4.69) is 26.9 Å². The number of hydrogen-bond acceptors (Lipinski definition) is 4. The molecular formula is C22H26Cl2N4O. The molecule has 0 saturated carbocycles. The number of halogens is 2. The van der Waals surface area contributed by atoms with Crippen LogP contribution in [0.25, 0.3) is 22.4 Å². The summed E-state index contributed by atoms with van der Waals surface area (Å²) in [5, 5.41) is 1.20. The highest BCUT2D eigenvalue weighted by Gasteiger charge is 2.16. The van der Waals surface area contributed by atoms with Gasteiger partial charge in [-0.2, -0.15) is 0 Å². The minimum Gasteiger partial charge on any atom is -0.478 e. The summed E-state index contributed by atoms with van der Waals surface area (Å²) >= 11 is 12.4. The maximum Gasteiger partial charge on any atom is 0.214 e. The normalized spacial score (nSPS) is 15.8. The lowest BCUT2D eigenvalue weighted by Crippen LogP contribution is -2.30. The number of pyridine rings is 1. The van der Waals surface area contributed by atoms with E-state index in [0.717, 1.165) is 28.9 Å². The number of likely N-dealkylation sites (tertiary alicyclic amines) is 1. The fourth-order valence-corrected chi connectivity index (χ4v) is 4.22. The molecule has 1 aromatic carbocycles. The summed E-state index contributed by atoms with van der Waals surface area (Å²) in [5.41, 5.74) is 2.49. The van der Waals surface area contributed by atoms with Gasteiger partial charge >= 0.3 is 0 Å². The van der Waals surface area contributed by atoms with Crippen molar-refractivity contribution in [3.05, 3.63) is 40.5 Å². The van der Waals surface area contributed by atoms with Crippen LogP contribution in [-0.2, 0) is 0 Å². The van der Waals surface area contributed by atoms with Crippen molar-refractivity contribution in [3.8, 4) is 17.3 Å². The van der Waals surface area contributed by atoms with Crippen LogP contribution < -0.4 is 4.74 Å². The molecule has 5 nitrogen and oxygen atoms in total. The number of aromatic nitrogens is 3. The van der Waals surface area contributed by atoms with E-state index in [9.17, 15) is 0 Å². The van der Waals surface area contributed by atoms with Crippen LogP contribution >= 0.6 is 23.2 Å². The highest BCUT2D eigenvalue weighted by Crippen LogP contribution is 2.30. The van der Waals surface area contributed by atoms with E-state index in [1.54, 1.807) is 6.20 Å². The molecule has 1 N–H and O–H groups in total. The van der Waals surface area contributed by atoms with Gasteiger partial charge < -0.3 is 14.6 Å². The number of imidazole rings is 1. The van der Waals surface area contributed by atoms with E-state index in [0.29, 0.717) is 28.4 Å². The summed E-state index contributed by atoms with van der Waals surface area (Å²) < 4.78 is 5.88. The first-order valence-corrected chi connectivity index (χ1v) is 11.0. The second-order valence-electron chi connectivity index (χ2n) is 7.84. The molecule has 1 aliphatic rings. The van der Waals surface area contributed by atoms with Gasteiger partial charge in [-0.3, -0.25) is 0 Å². The number of ether oxygens (including phenoxy) is 1. The number of benzene rings is 1. The Bertz CT molecular complexity index is 967. The van der Waals surface area contributed by atoms with Gasteiger partial charge in [0.25, 0.3) is 0 Å². The number of nitrogens with zero attached hydrogens (tertiary/aromatic N) is 3. The minimum absolute atomic E-state index is 0.532. The van der Waals surface area contributed by atoms with E-state index in [1.807, 2.05) is 24.3 Å². The van der Waals surface area contributed by atoms with Crippen LogP contribution in [0.15, 0.2) is 30.5 Å². The summed E-state index contributed by atoms with van der Waals surface area (Å²) in [6.07, 6.45) is 7.78. The number of hydrogen-bond donors (Lipinski definition) is 1.